The number of hydrogen-bond donors (Lipinski definition) is 2. The van der Waals surface area contributed by atoms with Gasteiger partial charge < -0.3 is 19.9 Å². The van der Waals surface area contributed by atoms with Crippen molar-refractivity contribution in [1.29, 1.82) is 0 Å². The molecule has 0 saturated carbocycles. The van der Waals surface area contributed by atoms with Crippen molar-refractivity contribution < 1.29 is 19.4 Å². The Morgan fingerprint density at radius 1 is 0.784 bits per heavy atom. The molecule has 6 aromatic rings. The summed E-state index contributed by atoms with van der Waals surface area (Å²) in [6.45, 7) is 3.41. The molecule has 7 rings (SSSR count). The highest BCUT2D eigenvalue weighted by atomic mass is 16.7. The van der Waals surface area contributed by atoms with Crippen molar-refractivity contribution in [3.05, 3.63) is 179 Å². The number of nitrogens with zero attached hydrogens (tertiary/aromatic N) is 1. The fraction of sp³-hybridized carbons (Fsp3) is 0.222. The highest BCUT2D eigenvalue weighted by molar-refractivity contribution is 5.94. The van der Waals surface area contributed by atoms with Gasteiger partial charge in [-0.25, -0.2) is 0 Å². The first-order chi connectivity index (χ1) is 24.9. The van der Waals surface area contributed by atoms with Crippen molar-refractivity contribution >= 4 is 16.7 Å². The number of hydrogen-bond acceptors (Lipinski definition) is 5. The van der Waals surface area contributed by atoms with Gasteiger partial charge in [0.2, 0.25) is 0 Å². The number of carbonyl (C=O) groups is 1. The van der Waals surface area contributed by atoms with E-state index in [0.29, 0.717) is 18.5 Å². The molecule has 0 aromatic heterocycles. The van der Waals surface area contributed by atoms with Gasteiger partial charge in [-0.1, -0.05) is 127 Å². The molecule has 4 atom stereocenters. The number of amides is 1. The van der Waals surface area contributed by atoms with E-state index in [-0.39, 0.29) is 30.8 Å². The van der Waals surface area contributed by atoms with Crippen LogP contribution in [0.2, 0.25) is 0 Å². The molecule has 1 aliphatic rings. The predicted octanol–water partition coefficient (Wildman–Crippen LogP) is 9.17. The van der Waals surface area contributed by atoms with Gasteiger partial charge in [-0.15, -0.1) is 0 Å². The van der Waals surface area contributed by atoms with E-state index < -0.39 is 6.29 Å². The molecule has 0 bridgehead atoms. The highest BCUT2D eigenvalue weighted by Crippen LogP contribution is 2.39. The molecule has 0 radical (unpaired) electrons. The first-order valence-corrected chi connectivity index (χ1v) is 17.7. The van der Waals surface area contributed by atoms with Crippen LogP contribution in [-0.2, 0) is 22.6 Å². The van der Waals surface area contributed by atoms with E-state index in [9.17, 15) is 9.90 Å². The standard InChI is InChI=1S/C45H44N2O4/c1-31(38-25-20-33-10-6-7-13-39(33)26-38)47(2)29-41-27-43(35-18-16-32(30-48)17-19-35)51-45(50-41)37-23-21-34(22-24-37)42-15-9-8-14-40(42)28-46-44(49)36-11-4-3-5-12-36/h3-26,31,41,43,45,48H,27-30H2,1-2H3,(H,46,49)/t31-,41-,43+,45+/m1/s1. The summed E-state index contributed by atoms with van der Waals surface area (Å²) in [5.41, 5.74) is 7.95. The molecular weight excluding hydrogens is 633 g/mol. The van der Waals surface area contributed by atoms with E-state index >= 15 is 0 Å². The lowest BCUT2D eigenvalue weighted by atomic mass is 9.97. The molecule has 2 N–H and O–H groups in total. The summed E-state index contributed by atoms with van der Waals surface area (Å²) in [7, 11) is 2.16. The number of ether oxygens (including phenoxy) is 2. The van der Waals surface area contributed by atoms with Gasteiger partial charge in [-0.05, 0) is 76.3 Å². The van der Waals surface area contributed by atoms with E-state index in [4.69, 9.17) is 9.47 Å². The van der Waals surface area contributed by atoms with Crippen molar-refractivity contribution in [2.45, 2.75) is 51.0 Å². The maximum absolute atomic E-state index is 12.7. The second kappa shape index (κ2) is 15.8. The van der Waals surface area contributed by atoms with Crippen LogP contribution in [0, 0.1) is 0 Å². The van der Waals surface area contributed by atoms with Crippen molar-refractivity contribution in [2.24, 2.45) is 0 Å². The van der Waals surface area contributed by atoms with Gasteiger partial charge in [0.25, 0.3) is 5.91 Å². The fourth-order valence-corrected chi connectivity index (χ4v) is 6.88. The van der Waals surface area contributed by atoms with Crippen LogP contribution in [0.5, 0.6) is 0 Å². The van der Waals surface area contributed by atoms with Gasteiger partial charge >= 0.3 is 0 Å². The first-order valence-electron chi connectivity index (χ1n) is 17.7. The normalized spacial score (nSPS) is 18.1. The second-order valence-electron chi connectivity index (χ2n) is 13.4. The number of aliphatic hydroxyl groups is 1. The van der Waals surface area contributed by atoms with Crippen LogP contribution in [0.1, 0.15) is 70.0 Å². The van der Waals surface area contributed by atoms with Crippen LogP contribution < -0.4 is 5.32 Å². The fourth-order valence-electron chi connectivity index (χ4n) is 6.88. The van der Waals surface area contributed by atoms with E-state index in [1.807, 2.05) is 66.7 Å². The van der Waals surface area contributed by atoms with E-state index in [1.54, 1.807) is 0 Å². The molecule has 1 aliphatic heterocycles. The van der Waals surface area contributed by atoms with E-state index in [1.165, 1.54) is 16.3 Å². The minimum Gasteiger partial charge on any atom is -0.392 e. The minimum atomic E-state index is -0.551. The van der Waals surface area contributed by atoms with E-state index in [2.05, 4.69) is 103 Å². The topological polar surface area (TPSA) is 71.0 Å². The van der Waals surface area contributed by atoms with Crippen LogP contribution in [0.3, 0.4) is 0 Å². The number of carbonyl (C=O) groups excluding carboxylic acids is 1. The largest absolute Gasteiger partial charge is 0.392 e. The Labute approximate surface area is 300 Å². The lowest BCUT2D eigenvalue weighted by Crippen LogP contribution is -2.38. The van der Waals surface area contributed by atoms with Crippen molar-refractivity contribution in [3.63, 3.8) is 0 Å². The van der Waals surface area contributed by atoms with Crippen LogP contribution in [0.4, 0.5) is 0 Å². The zero-order valence-electron chi connectivity index (χ0n) is 29.1. The summed E-state index contributed by atoms with van der Waals surface area (Å²) in [4.78, 5) is 15.1. The third-order valence-electron chi connectivity index (χ3n) is 10.0. The summed E-state index contributed by atoms with van der Waals surface area (Å²) in [5.74, 6) is -0.0974. The van der Waals surface area contributed by atoms with Crippen molar-refractivity contribution in [1.82, 2.24) is 10.2 Å². The molecule has 6 heteroatoms. The minimum absolute atomic E-state index is 0.00644. The van der Waals surface area contributed by atoms with Crippen LogP contribution >= 0.6 is 0 Å². The Morgan fingerprint density at radius 3 is 2.24 bits per heavy atom. The van der Waals surface area contributed by atoms with Crippen LogP contribution in [-0.4, -0.2) is 35.6 Å². The summed E-state index contributed by atoms with van der Waals surface area (Å²) in [5, 5.41) is 15.2. The quantitative estimate of drug-likeness (QED) is 0.143. The summed E-state index contributed by atoms with van der Waals surface area (Å²) >= 11 is 0. The molecule has 1 fully saturated rings. The SMILES string of the molecule is C[C@H](c1ccc2ccccc2c1)N(C)C[C@H]1C[C@@H](c2ccc(CO)cc2)O[C@@H](c2ccc(-c3ccccc3CNC(=O)c3ccccc3)cc2)O1. The summed E-state index contributed by atoms with van der Waals surface area (Å²) < 4.78 is 13.4. The zero-order valence-corrected chi connectivity index (χ0v) is 29.1. The maximum Gasteiger partial charge on any atom is 0.251 e. The van der Waals surface area contributed by atoms with Crippen LogP contribution in [0.15, 0.2) is 146 Å². The molecule has 1 saturated heterocycles. The van der Waals surface area contributed by atoms with Gasteiger partial charge in [-0.3, -0.25) is 9.69 Å². The third-order valence-corrected chi connectivity index (χ3v) is 10.0. The third kappa shape index (κ3) is 8.11. The monoisotopic (exact) mass is 676 g/mol. The number of benzene rings is 6. The molecule has 1 amide bonds. The Balaban J connectivity index is 1.09. The van der Waals surface area contributed by atoms with Crippen molar-refractivity contribution in [3.8, 4) is 11.1 Å². The Bertz CT molecular complexity index is 2060. The van der Waals surface area contributed by atoms with Gasteiger partial charge in [0.05, 0.1) is 18.8 Å². The Morgan fingerprint density at radius 2 is 1.47 bits per heavy atom. The molecule has 0 spiro atoms. The lowest BCUT2D eigenvalue weighted by Gasteiger charge is -2.39. The number of aliphatic hydroxyl groups excluding tert-OH is 1. The molecule has 6 aromatic carbocycles. The highest BCUT2D eigenvalue weighted by Gasteiger charge is 2.33. The summed E-state index contributed by atoms with van der Waals surface area (Å²) in [6, 6.07) is 49.2. The Hall–Kier alpha value is -5.11. The first kappa shape index (κ1) is 34.3. The zero-order chi connectivity index (χ0) is 35.2. The van der Waals surface area contributed by atoms with E-state index in [0.717, 1.165) is 39.9 Å². The second-order valence-corrected chi connectivity index (χ2v) is 13.4. The lowest BCUT2D eigenvalue weighted by molar-refractivity contribution is -0.253. The van der Waals surface area contributed by atoms with Crippen molar-refractivity contribution in [2.75, 3.05) is 13.6 Å². The number of likely N-dealkylation sites (N-methyl/N-ethyl adjacent to an activating group) is 1. The molecule has 51 heavy (non-hydrogen) atoms. The molecule has 258 valence electrons. The molecular formula is C45H44N2O4. The Kier molecular flexibility index (Phi) is 10.7. The van der Waals surface area contributed by atoms with Gasteiger partial charge in [0.15, 0.2) is 6.29 Å². The predicted molar refractivity (Wildman–Crippen MR) is 203 cm³/mol. The average molecular weight is 677 g/mol. The summed E-state index contributed by atoms with van der Waals surface area (Å²) in [6.07, 6.45) is -0.0819. The number of nitrogens with one attached hydrogen (secondary N) is 1. The molecule has 0 aliphatic carbocycles. The smallest absolute Gasteiger partial charge is 0.251 e. The van der Waals surface area contributed by atoms with Gasteiger partial charge in [-0.2, -0.15) is 0 Å². The van der Waals surface area contributed by atoms with Crippen LogP contribution in [0.25, 0.3) is 21.9 Å². The maximum atomic E-state index is 12.7. The van der Waals surface area contributed by atoms with Gasteiger partial charge in [0.1, 0.15) is 0 Å². The average Bonchev–Trinajstić information content (AvgIpc) is 3.19. The number of fused-ring (bicyclic) bond motifs is 1. The van der Waals surface area contributed by atoms with Gasteiger partial charge in [0, 0.05) is 36.7 Å². The number of rotatable bonds is 11. The molecule has 6 nitrogen and oxygen atoms in total. The molecule has 1 heterocycles. The molecule has 0 unspecified atom stereocenters.